The van der Waals surface area contributed by atoms with Crippen molar-refractivity contribution in [2.75, 3.05) is 19.8 Å². The smallest absolute Gasteiger partial charge is 0.417 e. The zero-order valence-electron chi connectivity index (χ0n) is 24.4. The van der Waals surface area contributed by atoms with Crippen molar-refractivity contribution in [3.8, 4) is 0 Å². The van der Waals surface area contributed by atoms with Gasteiger partial charge in [-0.05, 0) is 51.7 Å². The number of hydrogen-bond acceptors (Lipinski definition) is 9. The molecular formula is C30H41NO9. The number of esters is 1. The number of imide groups is 1. The van der Waals surface area contributed by atoms with Gasteiger partial charge in [-0.3, -0.25) is 19.2 Å². The number of cyclic esters (lactones) is 1. The summed E-state index contributed by atoms with van der Waals surface area (Å²) in [5.41, 5.74) is 0.520. The number of ketones is 2. The fraction of sp³-hybridized carbons (Fsp3) is 0.567. The molecule has 1 fully saturated rings. The van der Waals surface area contributed by atoms with E-state index in [1.165, 1.54) is 6.92 Å². The zero-order chi connectivity index (χ0) is 30.2. The Morgan fingerprint density at radius 3 is 2.40 bits per heavy atom. The van der Waals surface area contributed by atoms with Crippen LogP contribution in [0.4, 0.5) is 4.79 Å². The minimum atomic E-state index is -1.57. The second-order valence-electron chi connectivity index (χ2n) is 10.9. The molecule has 2 rings (SSSR count). The second-order valence-corrected chi connectivity index (χ2v) is 10.9. The Morgan fingerprint density at radius 1 is 1.15 bits per heavy atom. The Bertz CT molecular complexity index is 1140. The molecule has 40 heavy (non-hydrogen) atoms. The third-order valence-corrected chi connectivity index (χ3v) is 6.67. The topological polar surface area (TPSA) is 137 Å². The standard InChI is InChI=1S/C30H41NO9/c1-18(2)27-30(6,7)40-29(37)31(27)28(36)20(4)26(39-21(5)33)25(35)17-23(22-11-8-10-19(3)16-22)24(34)12-9-14-38-15-13-32/h8,10-11,16-18,20,26-27,32H,9,12-15H2,1-7H3/t20-,26-,27-/m1/s1. The van der Waals surface area contributed by atoms with Crippen LogP contribution in [0.5, 0.6) is 0 Å². The van der Waals surface area contributed by atoms with Gasteiger partial charge >= 0.3 is 12.1 Å². The fourth-order valence-electron chi connectivity index (χ4n) is 5.02. The molecule has 0 bridgehead atoms. The van der Waals surface area contributed by atoms with Crippen LogP contribution >= 0.6 is 0 Å². The van der Waals surface area contributed by atoms with E-state index in [9.17, 15) is 24.0 Å². The number of aliphatic hydroxyl groups is 1. The van der Waals surface area contributed by atoms with Crippen LogP contribution in [0.3, 0.4) is 0 Å². The summed E-state index contributed by atoms with van der Waals surface area (Å²) < 4.78 is 16.0. The number of benzene rings is 1. The summed E-state index contributed by atoms with van der Waals surface area (Å²) >= 11 is 0. The predicted octanol–water partition coefficient (Wildman–Crippen LogP) is 3.66. The van der Waals surface area contributed by atoms with E-state index < -0.39 is 47.4 Å². The largest absolute Gasteiger partial charge is 0.453 e. The number of nitrogens with zero attached hydrogens (tertiary/aromatic N) is 1. The maximum Gasteiger partial charge on any atom is 0.417 e. The van der Waals surface area contributed by atoms with Crippen LogP contribution in [0, 0.1) is 18.8 Å². The lowest BCUT2D eigenvalue weighted by Gasteiger charge is -2.33. The molecule has 0 aliphatic carbocycles. The van der Waals surface area contributed by atoms with Gasteiger partial charge in [-0.25, -0.2) is 9.69 Å². The molecule has 1 aliphatic rings. The second kappa shape index (κ2) is 14.3. The molecule has 0 radical (unpaired) electrons. The van der Waals surface area contributed by atoms with Crippen molar-refractivity contribution in [2.45, 2.75) is 79.1 Å². The van der Waals surface area contributed by atoms with Crippen molar-refractivity contribution in [3.63, 3.8) is 0 Å². The van der Waals surface area contributed by atoms with Crippen LogP contribution in [0.15, 0.2) is 30.3 Å². The first-order chi connectivity index (χ1) is 18.7. The van der Waals surface area contributed by atoms with Crippen molar-refractivity contribution in [3.05, 3.63) is 41.5 Å². The molecule has 0 spiro atoms. The van der Waals surface area contributed by atoms with E-state index >= 15 is 0 Å². The highest BCUT2D eigenvalue weighted by Gasteiger charge is 2.53. The monoisotopic (exact) mass is 559 g/mol. The normalized spacial score (nSPS) is 18.3. The first-order valence-corrected chi connectivity index (χ1v) is 13.5. The number of aryl methyl sites for hydroxylation is 1. The number of allylic oxidation sites excluding steroid dienone is 1. The number of carbonyl (C=O) groups is 5. The lowest BCUT2D eigenvalue weighted by Crippen LogP contribution is -2.52. The van der Waals surface area contributed by atoms with Crippen molar-refractivity contribution in [1.29, 1.82) is 0 Å². The van der Waals surface area contributed by atoms with Crippen LogP contribution in [0.2, 0.25) is 0 Å². The van der Waals surface area contributed by atoms with Crippen LogP contribution in [-0.4, -0.2) is 77.1 Å². The van der Waals surface area contributed by atoms with Gasteiger partial charge in [-0.2, -0.15) is 0 Å². The molecule has 1 N–H and O–H groups in total. The highest BCUT2D eigenvalue weighted by atomic mass is 16.6. The summed E-state index contributed by atoms with van der Waals surface area (Å²) in [6.07, 6.45) is -0.869. The lowest BCUT2D eigenvalue weighted by atomic mass is 9.87. The third-order valence-electron chi connectivity index (χ3n) is 6.67. The minimum absolute atomic E-state index is 0.0654. The van der Waals surface area contributed by atoms with Crippen LogP contribution < -0.4 is 0 Å². The third kappa shape index (κ3) is 8.32. The minimum Gasteiger partial charge on any atom is -0.453 e. The molecule has 0 unspecified atom stereocenters. The number of amides is 2. The van der Waals surface area contributed by atoms with Gasteiger partial charge in [0.2, 0.25) is 5.91 Å². The Balaban J connectivity index is 2.43. The van der Waals surface area contributed by atoms with E-state index in [-0.39, 0.29) is 43.5 Å². The number of rotatable bonds is 14. The van der Waals surface area contributed by atoms with Gasteiger partial charge in [-0.1, -0.05) is 43.7 Å². The number of Topliss-reactive ketones (excluding diaryl/α,β-unsaturated/α-hetero) is 1. The Kier molecular flexibility index (Phi) is 11.8. The van der Waals surface area contributed by atoms with Crippen LogP contribution in [0.1, 0.15) is 65.5 Å². The van der Waals surface area contributed by atoms with Gasteiger partial charge in [0.1, 0.15) is 5.60 Å². The molecular weight excluding hydrogens is 518 g/mol. The molecule has 1 aromatic carbocycles. The van der Waals surface area contributed by atoms with Crippen LogP contribution in [0.25, 0.3) is 5.57 Å². The number of ether oxygens (including phenoxy) is 3. The van der Waals surface area contributed by atoms with Crippen molar-refractivity contribution >= 4 is 35.1 Å². The van der Waals surface area contributed by atoms with Gasteiger partial charge < -0.3 is 19.3 Å². The predicted molar refractivity (Wildman–Crippen MR) is 147 cm³/mol. The SMILES string of the molecule is CC(=O)O[C@@H](C(=O)C=C(C(=O)CCCOCCO)c1cccc(C)c1)[C@@H](C)C(=O)N1C(=O)OC(C)(C)[C@H]1C(C)C. The molecule has 10 nitrogen and oxygen atoms in total. The van der Waals surface area contributed by atoms with E-state index in [0.29, 0.717) is 12.0 Å². The molecule has 0 saturated carbocycles. The van der Waals surface area contributed by atoms with Gasteiger partial charge in [0.05, 0.1) is 25.2 Å². The molecule has 1 aromatic rings. The van der Waals surface area contributed by atoms with E-state index in [1.807, 2.05) is 26.8 Å². The maximum absolute atomic E-state index is 13.6. The molecule has 220 valence electrons. The Morgan fingerprint density at radius 2 is 1.82 bits per heavy atom. The molecule has 1 aliphatic heterocycles. The van der Waals surface area contributed by atoms with E-state index in [4.69, 9.17) is 19.3 Å². The summed E-state index contributed by atoms with van der Waals surface area (Å²) in [7, 11) is 0. The average molecular weight is 560 g/mol. The van der Waals surface area contributed by atoms with Crippen molar-refractivity contribution < 1.29 is 43.3 Å². The molecule has 0 aromatic heterocycles. The highest BCUT2D eigenvalue weighted by molar-refractivity contribution is 6.25. The van der Waals surface area contributed by atoms with Gasteiger partial charge in [0, 0.05) is 25.5 Å². The molecule has 1 heterocycles. The summed E-state index contributed by atoms with van der Waals surface area (Å²) in [5.74, 6) is -3.99. The molecule has 10 heteroatoms. The van der Waals surface area contributed by atoms with E-state index in [0.717, 1.165) is 23.5 Å². The van der Waals surface area contributed by atoms with Gasteiger partial charge in [-0.15, -0.1) is 0 Å². The van der Waals surface area contributed by atoms with Gasteiger partial charge in [0.25, 0.3) is 0 Å². The van der Waals surface area contributed by atoms with Crippen LogP contribution in [-0.2, 0) is 33.4 Å². The first-order valence-electron chi connectivity index (χ1n) is 13.5. The maximum atomic E-state index is 13.6. The summed E-state index contributed by atoms with van der Waals surface area (Å²) in [6, 6.07) is 6.45. The van der Waals surface area contributed by atoms with Crippen molar-refractivity contribution in [2.24, 2.45) is 11.8 Å². The lowest BCUT2D eigenvalue weighted by molar-refractivity contribution is -0.158. The molecule has 3 atom stereocenters. The molecule has 2 amide bonds. The highest BCUT2D eigenvalue weighted by Crippen LogP contribution is 2.35. The zero-order valence-corrected chi connectivity index (χ0v) is 24.4. The van der Waals surface area contributed by atoms with Crippen molar-refractivity contribution in [1.82, 2.24) is 4.90 Å². The quantitative estimate of drug-likeness (QED) is 0.206. The molecule has 1 saturated heterocycles. The van der Waals surface area contributed by atoms with E-state index in [2.05, 4.69) is 0 Å². The summed E-state index contributed by atoms with van der Waals surface area (Å²) in [4.78, 5) is 66.2. The summed E-state index contributed by atoms with van der Waals surface area (Å²) in [5, 5.41) is 8.86. The number of hydrogen-bond donors (Lipinski definition) is 1. The average Bonchev–Trinajstić information content (AvgIpc) is 3.12. The first kappa shape index (κ1) is 32.8. The fourth-order valence-corrected chi connectivity index (χ4v) is 5.02. The Labute approximate surface area is 235 Å². The summed E-state index contributed by atoms with van der Waals surface area (Å²) in [6.45, 7) is 11.8. The number of aliphatic hydroxyl groups excluding tert-OH is 1. The Hall–Kier alpha value is -3.37. The number of carbonyl (C=O) groups excluding carboxylic acids is 5. The van der Waals surface area contributed by atoms with Gasteiger partial charge in [0.15, 0.2) is 17.7 Å². The van der Waals surface area contributed by atoms with E-state index in [1.54, 1.807) is 32.0 Å².